The van der Waals surface area contributed by atoms with Crippen LogP contribution >= 0.6 is 0 Å². The van der Waals surface area contributed by atoms with Crippen LogP contribution in [0.1, 0.15) is 33.1 Å². The Morgan fingerprint density at radius 3 is 2.62 bits per heavy atom. The number of unbranched alkanes of at least 4 members (excludes halogenated alkanes) is 1. The van der Waals surface area contributed by atoms with Crippen LogP contribution in [0.4, 0.5) is 11.4 Å². The Balaban J connectivity index is 3.14. The number of anilines is 1. The molecular formula is C15H24N2O4. The van der Waals surface area contributed by atoms with E-state index in [0.717, 1.165) is 19.3 Å². The van der Waals surface area contributed by atoms with Crippen LogP contribution < -0.4 is 9.64 Å². The highest BCUT2D eigenvalue weighted by atomic mass is 16.6. The lowest BCUT2D eigenvalue weighted by Crippen LogP contribution is -2.28. The average Bonchev–Trinajstić information content (AvgIpc) is 2.48. The van der Waals surface area contributed by atoms with Gasteiger partial charge in [-0.1, -0.05) is 26.3 Å². The number of rotatable bonds is 10. The summed E-state index contributed by atoms with van der Waals surface area (Å²) in [5, 5.41) is 20.6. The van der Waals surface area contributed by atoms with E-state index in [4.69, 9.17) is 4.74 Å². The molecule has 1 rings (SSSR count). The summed E-state index contributed by atoms with van der Waals surface area (Å²) in [5.74, 6) is 0.291. The summed E-state index contributed by atoms with van der Waals surface area (Å²) in [6, 6.07) is 5.08. The second kappa shape index (κ2) is 9.18. The van der Waals surface area contributed by atoms with Crippen molar-refractivity contribution in [3.8, 4) is 5.75 Å². The van der Waals surface area contributed by atoms with Crippen LogP contribution in [0.5, 0.6) is 5.75 Å². The highest BCUT2D eigenvalue weighted by molar-refractivity contribution is 5.69. The Labute approximate surface area is 125 Å². The molecule has 0 spiro atoms. The van der Waals surface area contributed by atoms with Gasteiger partial charge in [-0.3, -0.25) is 10.1 Å². The molecule has 6 heteroatoms. The number of nitrogens with zero attached hydrogens (tertiary/aromatic N) is 2. The van der Waals surface area contributed by atoms with Gasteiger partial charge in [0.15, 0.2) is 5.75 Å². The molecule has 0 bridgehead atoms. The van der Waals surface area contributed by atoms with Gasteiger partial charge in [-0.25, -0.2) is 0 Å². The van der Waals surface area contributed by atoms with Crippen molar-refractivity contribution >= 4 is 11.4 Å². The first-order chi connectivity index (χ1) is 10.2. The molecule has 0 saturated heterocycles. The molecule has 0 heterocycles. The zero-order valence-electron chi connectivity index (χ0n) is 12.7. The maximum atomic E-state index is 11.4. The van der Waals surface area contributed by atoms with Crippen molar-refractivity contribution in [2.75, 3.05) is 31.2 Å². The molecule has 0 amide bonds. The second-order valence-corrected chi connectivity index (χ2v) is 4.79. The Bertz CT molecular complexity index is 451. The first-order valence-electron chi connectivity index (χ1n) is 7.41. The summed E-state index contributed by atoms with van der Waals surface area (Å²) in [6.07, 6.45) is 2.69. The van der Waals surface area contributed by atoms with Crippen LogP contribution in [0.25, 0.3) is 0 Å². The van der Waals surface area contributed by atoms with Crippen LogP contribution in [0.2, 0.25) is 0 Å². The van der Waals surface area contributed by atoms with Crippen molar-refractivity contribution in [2.24, 2.45) is 0 Å². The third kappa shape index (κ3) is 4.90. The van der Waals surface area contributed by atoms with E-state index < -0.39 is 4.92 Å². The smallest absolute Gasteiger partial charge is 0.333 e. The Hall–Kier alpha value is -1.82. The van der Waals surface area contributed by atoms with Crippen LogP contribution in [0.3, 0.4) is 0 Å². The maximum absolute atomic E-state index is 11.4. The summed E-state index contributed by atoms with van der Waals surface area (Å²) >= 11 is 0. The first kappa shape index (κ1) is 17.2. The molecule has 118 valence electrons. The Morgan fingerprint density at radius 2 is 2.05 bits per heavy atom. The van der Waals surface area contributed by atoms with Crippen LogP contribution in [0, 0.1) is 10.1 Å². The van der Waals surface area contributed by atoms with E-state index in [0.29, 0.717) is 31.1 Å². The van der Waals surface area contributed by atoms with E-state index in [1.807, 2.05) is 11.8 Å². The number of para-hydroxylation sites is 1. The molecule has 1 aromatic rings. The van der Waals surface area contributed by atoms with Gasteiger partial charge >= 0.3 is 5.69 Å². The largest absolute Gasteiger partial charge is 0.487 e. The van der Waals surface area contributed by atoms with E-state index in [1.54, 1.807) is 18.2 Å². The van der Waals surface area contributed by atoms with E-state index >= 15 is 0 Å². The van der Waals surface area contributed by atoms with Crippen molar-refractivity contribution in [3.05, 3.63) is 28.3 Å². The second-order valence-electron chi connectivity index (χ2n) is 4.79. The van der Waals surface area contributed by atoms with Gasteiger partial charge in [0.2, 0.25) is 0 Å². The molecule has 1 N–H and O–H groups in total. The molecule has 0 aromatic heterocycles. The SMILES string of the molecule is CCCCN(CCO)c1cccc(OCCC)c1[N+](=O)[O-]. The van der Waals surface area contributed by atoms with Gasteiger partial charge in [0.25, 0.3) is 0 Å². The summed E-state index contributed by atoms with van der Waals surface area (Å²) in [5.41, 5.74) is 0.492. The van der Waals surface area contributed by atoms with Crippen molar-refractivity contribution in [1.29, 1.82) is 0 Å². The fourth-order valence-corrected chi connectivity index (χ4v) is 2.10. The Morgan fingerprint density at radius 1 is 1.29 bits per heavy atom. The molecule has 0 aliphatic carbocycles. The molecule has 0 unspecified atom stereocenters. The summed E-state index contributed by atoms with van der Waals surface area (Å²) in [4.78, 5) is 12.9. The standard InChI is InChI=1S/C15H24N2O4/c1-3-5-9-16(10-11-18)13-7-6-8-14(21-12-4-2)15(13)17(19)20/h6-8,18H,3-5,9-12H2,1-2H3. The molecule has 0 aliphatic rings. The molecule has 21 heavy (non-hydrogen) atoms. The normalized spacial score (nSPS) is 10.4. The Kier molecular flexibility index (Phi) is 7.53. The number of nitro groups is 1. The van der Waals surface area contributed by atoms with Crippen LogP contribution in [0.15, 0.2) is 18.2 Å². The van der Waals surface area contributed by atoms with Gasteiger partial charge in [-0.05, 0) is 25.0 Å². The molecule has 0 saturated carbocycles. The fraction of sp³-hybridized carbons (Fsp3) is 0.600. The minimum Gasteiger partial charge on any atom is -0.487 e. The maximum Gasteiger partial charge on any atom is 0.333 e. The quantitative estimate of drug-likeness (QED) is 0.530. The predicted molar refractivity (Wildman–Crippen MR) is 83.1 cm³/mol. The molecule has 0 atom stereocenters. The molecule has 0 fully saturated rings. The minimum absolute atomic E-state index is 0.0181. The van der Waals surface area contributed by atoms with Crippen LogP contribution in [-0.4, -0.2) is 36.3 Å². The number of aliphatic hydroxyl groups is 1. The summed E-state index contributed by atoms with van der Waals surface area (Å²) < 4.78 is 5.49. The lowest BCUT2D eigenvalue weighted by Gasteiger charge is -2.24. The number of ether oxygens (including phenoxy) is 1. The van der Waals surface area contributed by atoms with Gasteiger partial charge in [-0.15, -0.1) is 0 Å². The van der Waals surface area contributed by atoms with Crippen molar-refractivity contribution in [3.63, 3.8) is 0 Å². The average molecular weight is 296 g/mol. The fourth-order valence-electron chi connectivity index (χ4n) is 2.10. The topological polar surface area (TPSA) is 75.8 Å². The molecule has 0 radical (unpaired) electrons. The van der Waals surface area contributed by atoms with Crippen LogP contribution in [-0.2, 0) is 0 Å². The molecule has 6 nitrogen and oxygen atoms in total. The summed E-state index contributed by atoms with van der Waals surface area (Å²) in [6.45, 7) is 5.47. The number of aliphatic hydroxyl groups excluding tert-OH is 1. The van der Waals surface area contributed by atoms with Gasteiger partial charge < -0.3 is 14.7 Å². The van der Waals surface area contributed by atoms with Gasteiger partial charge in [0.05, 0.1) is 18.1 Å². The third-order valence-corrected chi connectivity index (χ3v) is 3.11. The zero-order chi connectivity index (χ0) is 15.7. The van der Waals surface area contributed by atoms with E-state index in [-0.39, 0.29) is 12.3 Å². The first-order valence-corrected chi connectivity index (χ1v) is 7.41. The van der Waals surface area contributed by atoms with Crippen molar-refractivity contribution in [2.45, 2.75) is 33.1 Å². The zero-order valence-corrected chi connectivity index (χ0v) is 12.7. The van der Waals surface area contributed by atoms with Crippen molar-refractivity contribution in [1.82, 2.24) is 0 Å². The lowest BCUT2D eigenvalue weighted by molar-refractivity contribution is -0.385. The molecule has 0 aliphatic heterocycles. The van der Waals surface area contributed by atoms with Gasteiger partial charge in [0.1, 0.15) is 5.69 Å². The number of benzene rings is 1. The monoisotopic (exact) mass is 296 g/mol. The molecular weight excluding hydrogens is 272 g/mol. The van der Waals surface area contributed by atoms with Gasteiger partial charge in [-0.2, -0.15) is 0 Å². The minimum atomic E-state index is -0.406. The third-order valence-electron chi connectivity index (χ3n) is 3.11. The number of hydrogen-bond donors (Lipinski definition) is 1. The van der Waals surface area contributed by atoms with Crippen molar-refractivity contribution < 1.29 is 14.8 Å². The highest BCUT2D eigenvalue weighted by Crippen LogP contribution is 2.37. The summed E-state index contributed by atoms with van der Waals surface area (Å²) in [7, 11) is 0. The van der Waals surface area contributed by atoms with E-state index in [9.17, 15) is 15.2 Å². The van der Waals surface area contributed by atoms with E-state index in [2.05, 4.69) is 6.92 Å². The van der Waals surface area contributed by atoms with E-state index in [1.165, 1.54) is 0 Å². The predicted octanol–water partition coefficient (Wildman–Crippen LogP) is 2.98. The number of hydrogen-bond acceptors (Lipinski definition) is 5. The molecule has 1 aromatic carbocycles. The number of nitro benzene ring substituents is 1. The highest BCUT2D eigenvalue weighted by Gasteiger charge is 2.24. The lowest BCUT2D eigenvalue weighted by atomic mass is 10.2. The van der Waals surface area contributed by atoms with Gasteiger partial charge in [0, 0.05) is 13.1 Å².